The van der Waals surface area contributed by atoms with Crippen molar-refractivity contribution < 1.29 is 97.1 Å². The number of ether oxygens (including phenoxy) is 7. The third-order valence-corrected chi connectivity index (χ3v) is 12.9. The maximum Gasteiger partial charge on any atom is 0.320 e. The van der Waals surface area contributed by atoms with E-state index in [1.807, 2.05) is 0 Å². The van der Waals surface area contributed by atoms with Gasteiger partial charge in [-0.05, 0) is 31.0 Å². The van der Waals surface area contributed by atoms with Gasteiger partial charge in [0.25, 0.3) is 11.5 Å². The molecule has 2 amide bonds. The molecule has 1 aromatic carbocycles. The highest BCUT2D eigenvalue weighted by atomic mass is 35.5. The molecular weight excluding hydrogens is 1130 g/mol. The van der Waals surface area contributed by atoms with E-state index >= 15 is 0 Å². The summed E-state index contributed by atoms with van der Waals surface area (Å²) in [6.45, 7) is 2.47. The summed E-state index contributed by atoms with van der Waals surface area (Å²) in [6, 6.07) is 7.19. The van der Waals surface area contributed by atoms with Crippen LogP contribution in [0.3, 0.4) is 0 Å². The van der Waals surface area contributed by atoms with Crippen LogP contribution in [-0.2, 0) is 62.0 Å². The number of carboxylic acid groups (broad SMARTS) is 4. The molecule has 1 aliphatic rings. The van der Waals surface area contributed by atoms with Gasteiger partial charge in [-0.15, -0.1) is 4.73 Å². The Hall–Kier alpha value is -5.89. The average molecular weight is 1210 g/mol. The van der Waals surface area contributed by atoms with Crippen LogP contribution in [0.2, 0.25) is 10.0 Å². The fourth-order valence-corrected chi connectivity index (χ4v) is 8.53. The molecule has 1 aromatic heterocycles. The van der Waals surface area contributed by atoms with Crippen molar-refractivity contribution in [3.05, 3.63) is 62.5 Å². The molecule has 1 fully saturated rings. The number of hydrogen-bond donors (Lipinski definition) is 6. The first-order chi connectivity index (χ1) is 39.3. The number of nitrogens with one attached hydrogen (secondary N) is 1. The Morgan fingerprint density at radius 2 is 1.02 bits per heavy atom. The number of rotatable bonds is 41. The number of para-hydroxylation sites is 1. The highest BCUT2D eigenvalue weighted by Gasteiger charge is 2.29. The summed E-state index contributed by atoms with van der Waals surface area (Å²) >= 11 is 12.0. The minimum Gasteiger partial charge on any atom is -0.480 e. The monoisotopic (exact) mass is 1210 g/mol. The average Bonchev–Trinajstić information content (AvgIpc) is 3.41. The van der Waals surface area contributed by atoms with E-state index in [2.05, 4.69) is 5.32 Å². The van der Waals surface area contributed by atoms with Gasteiger partial charge in [0.2, 0.25) is 5.91 Å². The van der Waals surface area contributed by atoms with E-state index in [0.717, 1.165) is 6.07 Å². The van der Waals surface area contributed by atoms with Gasteiger partial charge in [-0.3, -0.25) is 62.8 Å². The summed E-state index contributed by atoms with van der Waals surface area (Å²) in [5.74, 6) is -6.30. The van der Waals surface area contributed by atoms with E-state index in [-0.39, 0.29) is 234 Å². The Labute approximate surface area is 484 Å². The molecule has 2 heterocycles. The lowest BCUT2D eigenvalue weighted by Crippen LogP contribution is -2.51. The van der Waals surface area contributed by atoms with Crippen molar-refractivity contribution in [3.63, 3.8) is 0 Å². The quantitative estimate of drug-likeness (QED) is 0.0228. The third kappa shape index (κ3) is 30.4. The van der Waals surface area contributed by atoms with E-state index < -0.39 is 60.4 Å². The first-order valence-electron chi connectivity index (χ1n) is 26.7. The van der Waals surface area contributed by atoms with Crippen LogP contribution in [0, 0.1) is 0 Å². The molecule has 82 heavy (non-hydrogen) atoms. The minimum atomic E-state index is -1.24. The molecule has 0 bridgehead atoms. The van der Waals surface area contributed by atoms with Gasteiger partial charge in [0.1, 0.15) is 17.5 Å². The molecule has 3 rings (SSSR count). The van der Waals surface area contributed by atoms with Crippen LogP contribution in [0.25, 0.3) is 0 Å². The van der Waals surface area contributed by atoms with Crippen LogP contribution in [0.4, 0.5) is 0 Å². The van der Waals surface area contributed by atoms with Gasteiger partial charge >= 0.3 is 29.8 Å². The van der Waals surface area contributed by atoms with Gasteiger partial charge in [0.15, 0.2) is 5.75 Å². The normalized spacial score (nSPS) is 14.5. The number of aliphatic carboxylic acids is 4. The van der Waals surface area contributed by atoms with Crippen LogP contribution in [0.1, 0.15) is 49.0 Å². The van der Waals surface area contributed by atoms with Crippen molar-refractivity contribution in [2.45, 2.75) is 44.6 Å². The maximum absolute atomic E-state index is 13.6. The van der Waals surface area contributed by atoms with Gasteiger partial charge in [-0.25, -0.2) is 0 Å². The van der Waals surface area contributed by atoms with Crippen molar-refractivity contribution in [2.75, 3.05) is 171 Å². The number of pyridine rings is 1. The Balaban J connectivity index is 1.32. The topological polar surface area (TPSA) is 353 Å². The number of halogens is 2. The number of ketones is 1. The molecule has 1 atom stereocenters. The minimum absolute atomic E-state index is 0.0000703. The number of Topliss-reactive ketones (excluding diaryl/α,β-unsaturated/α-hetero) is 1. The van der Waals surface area contributed by atoms with Gasteiger partial charge in [0.05, 0.1) is 115 Å². The molecule has 0 radical (unpaired) electrons. The summed E-state index contributed by atoms with van der Waals surface area (Å²) < 4.78 is 38.3. The Morgan fingerprint density at radius 1 is 0.561 bits per heavy atom. The van der Waals surface area contributed by atoms with E-state index in [4.69, 9.17) is 56.4 Å². The highest BCUT2D eigenvalue weighted by molar-refractivity contribution is 6.37. The number of esters is 1. The molecule has 0 spiro atoms. The SMILES string of the molecule is O=C(O)CN1CCN(CC(=O)O)CCN([C@H](CCC(=O)CCCN(CCOCCOCCOCCNC(=O)CCOCCOCCOCCC(=O)Oc2c(Cl)cccc2Cl)C(=O)c2cccc(=O)n2O)C(=O)O)CCN(CC(=O)O)CC1. The molecule has 28 nitrogen and oxygen atoms in total. The predicted molar refractivity (Wildman–Crippen MR) is 292 cm³/mol. The first kappa shape index (κ1) is 70.4. The van der Waals surface area contributed by atoms with Crippen LogP contribution < -0.4 is 15.6 Å². The molecule has 2 aromatic rings. The summed E-state index contributed by atoms with van der Waals surface area (Å²) in [4.78, 5) is 118. The van der Waals surface area contributed by atoms with Crippen molar-refractivity contribution >= 4 is 70.6 Å². The fourth-order valence-electron chi connectivity index (χ4n) is 8.06. The second-order valence-electron chi connectivity index (χ2n) is 18.5. The summed E-state index contributed by atoms with van der Waals surface area (Å²) in [6.07, 6.45) is -0.0928. The van der Waals surface area contributed by atoms with Crippen molar-refractivity contribution in [3.8, 4) is 5.75 Å². The number of carboxylic acids is 4. The molecule has 6 N–H and O–H groups in total. The highest BCUT2D eigenvalue weighted by Crippen LogP contribution is 2.32. The van der Waals surface area contributed by atoms with E-state index in [9.17, 15) is 68.8 Å². The lowest BCUT2D eigenvalue weighted by molar-refractivity contribution is -0.145. The van der Waals surface area contributed by atoms with Gasteiger partial charge in [-0.1, -0.05) is 35.3 Å². The summed E-state index contributed by atoms with van der Waals surface area (Å²) in [7, 11) is 0. The molecule has 0 saturated carbocycles. The molecule has 30 heteroatoms. The van der Waals surface area contributed by atoms with E-state index in [0.29, 0.717) is 0 Å². The molecule has 460 valence electrons. The number of amides is 2. The predicted octanol–water partition coefficient (Wildman–Crippen LogP) is 0.494. The van der Waals surface area contributed by atoms with E-state index in [1.54, 1.807) is 37.8 Å². The Morgan fingerprint density at radius 3 is 1.54 bits per heavy atom. The number of carbonyl (C=O) groups excluding carboxylic acids is 4. The van der Waals surface area contributed by atoms with Crippen LogP contribution in [0.5, 0.6) is 5.75 Å². The lowest BCUT2D eigenvalue weighted by atomic mass is 10.0. The Bertz CT molecular complexity index is 2320. The van der Waals surface area contributed by atoms with Crippen LogP contribution in [-0.4, -0.2) is 279 Å². The van der Waals surface area contributed by atoms with Crippen LogP contribution in [0.15, 0.2) is 41.2 Å². The number of hydrogen-bond acceptors (Lipinski definition) is 21. The molecule has 1 aliphatic heterocycles. The van der Waals surface area contributed by atoms with Gasteiger partial charge < -0.3 is 69.0 Å². The summed E-state index contributed by atoms with van der Waals surface area (Å²) in [5.41, 5.74) is -1.15. The zero-order valence-electron chi connectivity index (χ0n) is 45.9. The maximum atomic E-state index is 13.6. The van der Waals surface area contributed by atoms with Crippen LogP contribution >= 0.6 is 23.2 Å². The lowest BCUT2D eigenvalue weighted by Gasteiger charge is -2.35. The van der Waals surface area contributed by atoms with E-state index in [1.165, 1.54) is 17.0 Å². The second-order valence-corrected chi connectivity index (χ2v) is 19.3. The zero-order chi connectivity index (χ0) is 60.1. The molecule has 1 saturated heterocycles. The molecule has 0 unspecified atom stereocenters. The number of nitrogens with zero attached hydrogens (tertiary/aromatic N) is 6. The zero-order valence-corrected chi connectivity index (χ0v) is 47.4. The number of carbonyl (C=O) groups is 8. The van der Waals surface area contributed by atoms with Gasteiger partial charge in [-0.2, -0.15) is 0 Å². The number of aromatic nitrogens is 1. The summed E-state index contributed by atoms with van der Waals surface area (Å²) in [5, 5.41) is 52.4. The van der Waals surface area contributed by atoms with Crippen molar-refractivity contribution in [1.82, 2.24) is 34.5 Å². The first-order valence-corrected chi connectivity index (χ1v) is 27.5. The Kier molecular flexibility index (Phi) is 35.3. The smallest absolute Gasteiger partial charge is 0.320 e. The molecular formula is C52H77Cl2N7O21. The largest absolute Gasteiger partial charge is 0.480 e. The van der Waals surface area contributed by atoms with Crippen molar-refractivity contribution in [1.29, 1.82) is 0 Å². The van der Waals surface area contributed by atoms with Gasteiger partial charge in [0, 0.05) is 97.3 Å². The van der Waals surface area contributed by atoms with Crippen molar-refractivity contribution in [2.24, 2.45) is 0 Å². The second kappa shape index (κ2) is 41.2. The third-order valence-electron chi connectivity index (χ3n) is 12.3. The fraction of sp³-hybridized carbons (Fsp3) is 0.635. The number of benzene rings is 1. The standard InChI is InChI=1S/C52H77Cl2N7O21/c53-40-5-1-6-41(54)50(40)82-49(71)12-25-77-29-33-80-32-28-76-24-11-44(63)55-13-26-78-30-34-81-35-31-79-27-23-60(51(72)42-7-2-8-45(64)61(42)75)14-3-4-39(62)9-10-43(52(73)74)59-21-19-57(37-47(67)68)17-15-56(36-46(65)66)16-18-58(20-22-59)38-48(69)70/h1-2,5-8,43,75H,3-4,9-38H2,(H,55,63)(H,65,66)(H,67,68)(H,69,70)(H,73,74)/t43-/m1/s1. The molecule has 0 aliphatic carbocycles.